The first-order valence-electron chi connectivity index (χ1n) is 9.61. The van der Waals surface area contributed by atoms with Crippen LogP contribution in [0.2, 0.25) is 0 Å². The maximum atomic E-state index is 12.6. The lowest BCUT2D eigenvalue weighted by Gasteiger charge is -2.19. The molecule has 0 bridgehead atoms. The molecule has 3 aromatic rings. The molecule has 0 unspecified atom stereocenters. The molecule has 1 aromatic carbocycles. The largest absolute Gasteiger partial charge is 0.479 e. The quantitative estimate of drug-likeness (QED) is 0.611. The average molecular weight is 397 g/mol. The number of carboxylic acids is 1. The van der Waals surface area contributed by atoms with Gasteiger partial charge in [-0.15, -0.1) is 0 Å². The van der Waals surface area contributed by atoms with Gasteiger partial charge in [-0.05, 0) is 44.9 Å². The highest BCUT2D eigenvalue weighted by Crippen LogP contribution is 2.30. The molecule has 1 aliphatic carbocycles. The van der Waals surface area contributed by atoms with E-state index in [1.807, 2.05) is 0 Å². The van der Waals surface area contributed by atoms with Crippen molar-refractivity contribution in [3.8, 4) is 0 Å². The molecule has 1 amide bonds. The third kappa shape index (κ3) is 3.32. The normalized spacial score (nSPS) is 15.1. The summed E-state index contributed by atoms with van der Waals surface area (Å²) in [4.78, 5) is 39.2. The molecular formula is C20H23N5O4. The van der Waals surface area contributed by atoms with E-state index < -0.39 is 11.5 Å². The summed E-state index contributed by atoms with van der Waals surface area (Å²) in [6.45, 7) is 3.04. The number of anilines is 1. The summed E-state index contributed by atoms with van der Waals surface area (Å²) in [5.74, 6) is -1.39. The van der Waals surface area contributed by atoms with Gasteiger partial charge in [-0.2, -0.15) is 5.10 Å². The monoisotopic (exact) mass is 397 g/mol. The molecular weight excluding hydrogens is 374 g/mol. The van der Waals surface area contributed by atoms with Crippen LogP contribution in [0.4, 0.5) is 5.69 Å². The number of carboxylic acid groups (broad SMARTS) is 1. The van der Waals surface area contributed by atoms with Gasteiger partial charge in [-0.1, -0.05) is 12.8 Å². The molecule has 0 saturated heterocycles. The molecule has 9 heteroatoms. The van der Waals surface area contributed by atoms with Crippen LogP contribution in [-0.4, -0.2) is 36.3 Å². The van der Waals surface area contributed by atoms with Crippen molar-refractivity contribution in [1.82, 2.24) is 19.3 Å². The number of carbonyl (C=O) groups excluding carboxylic acids is 1. The van der Waals surface area contributed by atoms with Crippen molar-refractivity contribution in [1.29, 1.82) is 0 Å². The number of carbonyl (C=O) groups is 2. The lowest BCUT2D eigenvalue weighted by atomic mass is 10.1. The Bertz CT molecular complexity index is 1150. The summed E-state index contributed by atoms with van der Waals surface area (Å²) in [5, 5.41) is 16.0. The number of benzene rings is 1. The van der Waals surface area contributed by atoms with Gasteiger partial charge in [-0.25, -0.2) is 9.59 Å². The van der Waals surface area contributed by atoms with Gasteiger partial charge in [0, 0.05) is 17.8 Å². The topological polar surface area (TPSA) is 122 Å². The van der Waals surface area contributed by atoms with E-state index in [9.17, 15) is 19.5 Å². The van der Waals surface area contributed by atoms with Gasteiger partial charge in [0.15, 0.2) is 5.54 Å². The molecule has 0 spiro atoms. The fourth-order valence-corrected chi connectivity index (χ4v) is 3.79. The highest BCUT2D eigenvalue weighted by Gasteiger charge is 2.30. The van der Waals surface area contributed by atoms with E-state index in [1.54, 1.807) is 22.8 Å². The minimum atomic E-state index is -1.23. The summed E-state index contributed by atoms with van der Waals surface area (Å²) in [6, 6.07) is 5.34. The Labute approximate surface area is 166 Å². The van der Waals surface area contributed by atoms with Gasteiger partial charge in [0.25, 0.3) is 5.91 Å². The Hall–Kier alpha value is -3.36. The van der Waals surface area contributed by atoms with Gasteiger partial charge in [0.1, 0.15) is 0 Å². The average Bonchev–Trinajstić information content (AvgIpc) is 3.39. The zero-order valence-corrected chi connectivity index (χ0v) is 16.3. The van der Waals surface area contributed by atoms with Gasteiger partial charge in [0.2, 0.25) is 0 Å². The second-order valence-electron chi connectivity index (χ2n) is 7.96. The standard InChI is InChI=1S/C20H23N5O4/c1-20(2,18(27)28)24-11-13(10-21-24)22-17(26)12-7-8-16-15(9-12)23-19(29)25(16)14-5-3-4-6-14/h7-11,14H,3-6H2,1-2H3,(H,22,26)(H,23,29)(H,27,28). The third-order valence-electron chi connectivity index (χ3n) is 5.61. The number of H-pyrrole nitrogens is 1. The third-order valence-corrected chi connectivity index (χ3v) is 5.61. The van der Waals surface area contributed by atoms with Crippen LogP contribution in [0.5, 0.6) is 0 Å². The molecule has 9 nitrogen and oxygen atoms in total. The van der Waals surface area contributed by atoms with Crippen molar-refractivity contribution in [2.45, 2.75) is 51.1 Å². The van der Waals surface area contributed by atoms with E-state index in [2.05, 4.69) is 15.4 Å². The number of fused-ring (bicyclic) bond motifs is 1. The highest BCUT2D eigenvalue weighted by atomic mass is 16.4. The van der Waals surface area contributed by atoms with E-state index in [0.717, 1.165) is 31.2 Å². The number of aliphatic carboxylic acids is 1. The van der Waals surface area contributed by atoms with Crippen LogP contribution in [0.15, 0.2) is 35.4 Å². The molecule has 0 atom stereocenters. The minimum Gasteiger partial charge on any atom is -0.479 e. The molecule has 0 aliphatic heterocycles. The first-order chi connectivity index (χ1) is 13.8. The van der Waals surface area contributed by atoms with E-state index in [1.165, 1.54) is 30.9 Å². The molecule has 4 rings (SSSR count). The number of rotatable bonds is 5. The molecule has 0 radical (unpaired) electrons. The van der Waals surface area contributed by atoms with Crippen molar-refractivity contribution in [3.63, 3.8) is 0 Å². The van der Waals surface area contributed by atoms with Gasteiger partial charge >= 0.3 is 11.7 Å². The van der Waals surface area contributed by atoms with Crippen LogP contribution in [0, 0.1) is 0 Å². The van der Waals surface area contributed by atoms with Crippen LogP contribution in [0.3, 0.4) is 0 Å². The lowest BCUT2D eigenvalue weighted by molar-refractivity contribution is -0.146. The molecule has 152 valence electrons. The van der Waals surface area contributed by atoms with Crippen molar-refractivity contribution in [2.24, 2.45) is 0 Å². The number of nitrogens with one attached hydrogen (secondary N) is 2. The van der Waals surface area contributed by atoms with E-state index in [4.69, 9.17) is 0 Å². The van der Waals surface area contributed by atoms with Crippen LogP contribution in [0.1, 0.15) is 55.9 Å². The fourth-order valence-electron chi connectivity index (χ4n) is 3.79. The molecule has 1 aliphatic rings. The number of nitrogens with zero attached hydrogens (tertiary/aromatic N) is 3. The molecule has 1 fully saturated rings. The van der Waals surface area contributed by atoms with Gasteiger partial charge in [-0.3, -0.25) is 14.0 Å². The number of aromatic amines is 1. The van der Waals surface area contributed by atoms with Crippen molar-refractivity contribution >= 4 is 28.6 Å². The Morgan fingerprint density at radius 2 is 2.00 bits per heavy atom. The summed E-state index contributed by atoms with van der Waals surface area (Å²) in [7, 11) is 0. The number of imidazole rings is 1. The number of hydrogen-bond acceptors (Lipinski definition) is 4. The Morgan fingerprint density at radius 1 is 1.28 bits per heavy atom. The fraction of sp³-hybridized carbons (Fsp3) is 0.400. The van der Waals surface area contributed by atoms with Gasteiger partial charge in [0.05, 0.1) is 22.9 Å². The second kappa shape index (κ2) is 6.91. The molecule has 2 heterocycles. The summed E-state index contributed by atoms with van der Waals surface area (Å²) in [5.41, 5.74) is 0.822. The van der Waals surface area contributed by atoms with Crippen LogP contribution in [0.25, 0.3) is 11.0 Å². The smallest absolute Gasteiger partial charge is 0.331 e. The zero-order valence-electron chi connectivity index (χ0n) is 16.3. The van der Waals surface area contributed by atoms with Crippen molar-refractivity contribution in [2.75, 3.05) is 5.32 Å². The Balaban J connectivity index is 1.57. The number of amides is 1. The second-order valence-corrected chi connectivity index (χ2v) is 7.96. The first kappa shape index (κ1) is 19.0. The number of aromatic nitrogens is 4. The highest BCUT2D eigenvalue weighted by molar-refractivity contribution is 6.05. The van der Waals surface area contributed by atoms with E-state index in [0.29, 0.717) is 16.8 Å². The van der Waals surface area contributed by atoms with Gasteiger partial charge < -0.3 is 15.4 Å². The molecule has 2 aromatic heterocycles. The Morgan fingerprint density at radius 3 is 2.69 bits per heavy atom. The summed E-state index contributed by atoms with van der Waals surface area (Å²) in [6.07, 6.45) is 7.10. The predicted octanol–water partition coefficient (Wildman–Crippen LogP) is 2.71. The predicted molar refractivity (Wildman–Crippen MR) is 107 cm³/mol. The Kier molecular flexibility index (Phi) is 4.52. The zero-order chi connectivity index (χ0) is 20.8. The van der Waals surface area contributed by atoms with Crippen molar-refractivity contribution < 1.29 is 14.7 Å². The lowest BCUT2D eigenvalue weighted by Crippen LogP contribution is -2.35. The maximum Gasteiger partial charge on any atom is 0.331 e. The number of hydrogen-bond donors (Lipinski definition) is 3. The van der Waals surface area contributed by atoms with E-state index >= 15 is 0 Å². The summed E-state index contributed by atoms with van der Waals surface area (Å²) < 4.78 is 3.08. The van der Waals surface area contributed by atoms with Crippen LogP contribution < -0.4 is 11.0 Å². The van der Waals surface area contributed by atoms with Crippen LogP contribution >= 0.6 is 0 Å². The molecule has 29 heavy (non-hydrogen) atoms. The summed E-state index contributed by atoms with van der Waals surface area (Å²) >= 11 is 0. The SMILES string of the molecule is CC(C)(C(=O)O)n1cc(NC(=O)c2ccc3c(c2)[nH]c(=O)n3C2CCCC2)cn1. The van der Waals surface area contributed by atoms with E-state index in [-0.39, 0.29) is 17.6 Å². The maximum absolute atomic E-state index is 12.6. The van der Waals surface area contributed by atoms with Crippen LogP contribution in [-0.2, 0) is 10.3 Å². The molecule has 3 N–H and O–H groups in total. The van der Waals surface area contributed by atoms with Crippen molar-refractivity contribution in [3.05, 3.63) is 46.6 Å². The minimum absolute atomic E-state index is 0.151. The first-order valence-corrected chi connectivity index (χ1v) is 9.61. The molecule has 1 saturated carbocycles.